The van der Waals surface area contributed by atoms with Gasteiger partial charge in [-0.15, -0.1) is 0 Å². The topological polar surface area (TPSA) is 24.5 Å². The molecule has 0 bridgehead atoms. The molecule has 0 aliphatic heterocycles. The smallest absolute Gasteiger partial charge is 0.0604 e. The molecule has 0 amide bonds. The number of nitrogens with one attached hydrogen (secondary N) is 1. The van der Waals surface area contributed by atoms with Crippen molar-refractivity contribution >= 4 is 0 Å². The highest BCUT2D eigenvalue weighted by atomic mass is 16.5. The van der Waals surface area contributed by atoms with Gasteiger partial charge in [0.25, 0.3) is 0 Å². The minimum absolute atomic E-state index is 0.490. The van der Waals surface area contributed by atoms with Crippen LogP contribution < -0.4 is 5.32 Å². The van der Waals surface area contributed by atoms with Gasteiger partial charge in [0.1, 0.15) is 0 Å². The average molecular weight is 290 g/mol. The van der Waals surface area contributed by atoms with E-state index < -0.39 is 0 Å². The summed E-state index contributed by atoms with van der Waals surface area (Å²) in [4.78, 5) is 2.44. The van der Waals surface area contributed by atoms with E-state index in [-0.39, 0.29) is 0 Å². The molecular weight excluding hydrogens is 260 g/mol. The lowest BCUT2D eigenvalue weighted by Crippen LogP contribution is -2.45. The van der Waals surface area contributed by atoms with Gasteiger partial charge in [-0.05, 0) is 44.0 Å². The Morgan fingerprint density at radius 3 is 2.24 bits per heavy atom. The fraction of sp³-hybridized carbons (Fsp3) is 0.667. The predicted molar refractivity (Wildman–Crippen MR) is 88.3 cm³/mol. The van der Waals surface area contributed by atoms with Gasteiger partial charge in [0.15, 0.2) is 0 Å². The maximum absolute atomic E-state index is 5.59. The molecular formula is C18H30N2O. The van der Waals surface area contributed by atoms with Gasteiger partial charge in [0.05, 0.1) is 6.10 Å². The van der Waals surface area contributed by atoms with E-state index in [0.29, 0.717) is 12.1 Å². The first kappa shape index (κ1) is 16.5. The largest absolute Gasteiger partial charge is 0.378 e. The van der Waals surface area contributed by atoms with E-state index in [4.69, 9.17) is 4.74 Å². The minimum Gasteiger partial charge on any atom is -0.378 e. The number of ether oxygens (including phenoxy) is 1. The third-order valence-electron chi connectivity index (χ3n) is 4.42. The summed E-state index contributed by atoms with van der Waals surface area (Å²) >= 11 is 0. The summed E-state index contributed by atoms with van der Waals surface area (Å²) in [5.74, 6) is 0. The van der Waals surface area contributed by atoms with Crippen LogP contribution in [0.2, 0.25) is 0 Å². The molecule has 21 heavy (non-hydrogen) atoms. The van der Waals surface area contributed by atoms with Crippen molar-refractivity contribution in [2.24, 2.45) is 0 Å². The normalized spacial score (nSPS) is 21.5. The van der Waals surface area contributed by atoms with E-state index in [1.54, 1.807) is 0 Å². The molecule has 0 heterocycles. The molecule has 0 spiro atoms. The molecule has 1 aromatic rings. The van der Waals surface area contributed by atoms with Crippen molar-refractivity contribution in [1.82, 2.24) is 10.2 Å². The second-order valence-electron chi connectivity index (χ2n) is 5.90. The Morgan fingerprint density at radius 1 is 1.05 bits per heavy atom. The van der Waals surface area contributed by atoms with Gasteiger partial charge in [-0.2, -0.15) is 0 Å². The first-order valence-electron chi connectivity index (χ1n) is 8.40. The maximum Gasteiger partial charge on any atom is 0.0604 e. The lowest BCUT2D eigenvalue weighted by atomic mass is 9.89. The highest BCUT2D eigenvalue weighted by Crippen LogP contribution is 2.23. The molecule has 0 aromatic heterocycles. The number of hydrogen-bond donors (Lipinski definition) is 1. The molecule has 3 heteroatoms. The van der Waals surface area contributed by atoms with Crippen LogP contribution in [0.1, 0.15) is 44.7 Å². The molecule has 1 aromatic carbocycles. The van der Waals surface area contributed by atoms with E-state index >= 15 is 0 Å². The van der Waals surface area contributed by atoms with Crippen LogP contribution in [0, 0.1) is 0 Å². The highest BCUT2D eigenvalue weighted by molar-refractivity contribution is 5.22. The molecule has 0 saturated heterocycles. The molecule has 0 atom stereocenters. The van der Waals surface area contributed by atoms with Gasteiger partial charge in [-0.25, -0.2) is 0 Å². The van der Waals surface area contributed by atoms with Crippen LogP contribution in [0.3, 0.4) is 0 Å². The summed E-state index contributed by atoms with van der Waals surface area (Å²) in [6.07, 6.45) is 2.81. The van der Waals surface area contributed by atoms with Crippen LogP contribution in [0.15, 0.2) is 24.3 Å². The Labute approximate surface area is 129 Å². The Kier molecular flexibility index (Phi) is 6.68. The zero-order valence-electron chi connectivity index (χ0n) is 13.8. The summed E-state index contributed by atoms with van der Waals surface area (Å²) in [6.45, 7) is 11.6. The van der Waals surface area contributed by atoms with E-state index in [1.165, 1.54) is 11.1 Å². The van der Waals surface area contributed by atoms with Crippen LogP contribution in [0.25, 0.3) is 0 Å². The molecule has 1 aliphatic rings. The van der Waals surface area contributed by atoms with Gasteiger partial charge in [0, 0.05) is 25.7 Å². The van der Waals surface area contributed by atoms with Crippen LogP contribution >= 0.6 is 0 Å². The SMILES string of the molecule is CCOC1CC(NCc2ccc(CN(CC)CC)cc2)C1. The van der Waals surface area contributed by atoms with Gasteiger partial charge < -0.3 is 10.1 Å². The predicted octanol–water partition coefficient (Wildman–Crippen LogP) is 3.19. The van der Waals surface area contributed by atoms with Crippen molar-refractivity contribution < 1.29 is 4.74 Å². The number of nitrogens with zero attached hydrogens (tertiary/aromatic N) is 1. The lowest BCUT2D eigenvalue weighted by Gasteiger charge is -2.35. The van der Waals surface area contributed by atoms with E-state index in [9.17, 15) is 0 Å². The van der Waals surface area contributed by atoms with Crippen LogP contribution in [0.5, 0.6) is 0 Å². The Morgan fingerprint density at radius 2 is 1.67 bits per heavy atom. The van der Waals surface area contributed by atoms with Crippen molar-refractivity contribution in [1.29, 1.82) is 0 Å². The first-order valence-corrected chi connectivity index (χ1v) is 8.40. The molecule has 1 aliphatic carbocycles. The first-order chi connectivity index (χ1) is 10.2. The average Bonchev–Trinajstić information content (AvgIpc) is 2.48. The van der Waals surface area contributed by atoms with Gasteiger partial charge in [0.2, 0.25) is 0 Å². The van der Waals surface area contributed by atoms with Crippen molar-refractivity contribution in [2.45, 2.75) is 58.8 Å². The Balaban J connectivity index is 1.70. The lowest BCUT2D eigenvalue weighted by molar-refractivity contribution is -0.0102. The van der Waals surface area contributed by atoms with Crippen molar-refractivity contribution in [3.8, 4) is 0 Å². The van der Waals surface area contributed by atoms with Crippen molar-refractivity contribution in [2.75, 3.05) is 19.7 Å². The Hall–Kier alpha value is -0.900. The van der Waals surface area contributed by atoms with E-state index in [0.717, 1.165) is 45.6 Å². The summed E-state index contributed by atoms with van der Waals surface area (Å²) in [6, 6.07) is 9.67. The summed E-state index contributed by atoms with van der Waals surface area (Å²) in [5.41, 5.74) is 2.78. The monoisotopic (exact) mass is 290 g/mol. The molecule has 1 N–H and O–H groups in total. The standard InChI is InChI=1S/C18H30N2O/c1-4-20(5-2)14-16-9-7-15(8-10-16)13-19-17-11-18(12-17)21-6-3/h7-10,17-19H,4-6,11-14H2,1-3H3. The minimum atomic E-state index is 0.490. The van der Waals surface area contributed by atoms with Gasteiger partial charge >= 0.3 is 0 Å². The quantitative estimate of drug-likeness (QED) is 0.756. The van der Waals surface area contributed by atoms with E-state index in [1.807, 2.05) is 0 Å². The van der Waals surface area contributed by atoms with Gasteiger partial charge in [-0.3, -0.25) is 4.90 Å². The molecule has 0 unspecified atom stereocenters. The third-order valence-corrected chi connectivity index (χ3v) is 4.42. The summed E-state index contributed by atoms with van der Waals surface area (Å²) in [5, 5.41) is 3.62. The molecule has 1 fully saturated rings. The zero-order valence-corrected chi connectivity index (χ0v) is 13.8. The van der Waals surface area contributed by atoms with Gasteiger partial charge in [-0.1, -0.05) is 38.1 Å². The second-order valence-corrected chi connectivity index (χ2v) is 5.90. The Bertz CT molecular complexity index is 394. The number of hydrogen-bond acceptors (Lipinski definition) is 3. The molecule has 0 radical (unpaired) electrons. The maximum atomic E-state index is 5.59. The summed E-state index contributed by atoms with van der Waals surface area (Å²) in [7, 11) is 0. The van der Waals surface area contributed by atoms with Crippen LogP contribution in [-0.2, 0) is 17.8 Å². The zero-order chi connectivity index (χ0) is 15.1. The molecule has 1 saturated carbocycles. The fourth-order valence-electron chi connectivity index (χ4n) is 2.83. The van der Waals surface area contributed by atoms with Crippen molar-refractivity contribution in [3.63, 3.8) is 0 Å². The second kappa shape index (κ2) is 8.52. The van der Waals surface area contributed by atoms with Crippen LogP contribution in [-0.4, -0.2) is 36.7 Å². The molecule has 3 nitrogen and oxygen atoms in total. The number of benzene rings is 1. The third kappa shape index (κ3) is 5.10. The number of rotatable bonds is 9. The fourth-order valence-corrected chi connectivity index (χ4v) is 2.83. The van der Waals surface area contributed by atoms with Crippen molar-refractivity contribution in [3.05, 3.63) is 35.4 Å². The van der Waals surface area contributed by atoms with E-state index in [2.05, 4.69) is 55.3 Å². The molecule has 2 rings (SSSR count). The molecule has 118 valence electrons. The summed E-state index contributed by atoms with van der Waals surface area (Å²) < 4.78 is 5.59. The highest BCUT2D eigenvalue weighted by Gasteiger charge is 2.28. The van der Waals surface area contributed by atoms with Crippen LogP contribution in [0.4, 0.5) is 0 Å².